The molecule has 2 aromatic rings. The molecule has 2 N–H and O–H groups in total. The molecule has 2 rings (SSSR count). The van der Waals surface area contributed by atoms with Gasteiger partial charge in [0, 0.05) is 23.7 Å². The SMILES string of the molecule is COc1ccc2cncc(CCC(C)C(N)=O)c2c1.Cl. The van der Waals surface area contributed by atoms with E-state index in [0.29, 0.717) is 0 Å². The normalized spacial score (nSPS) is 11.7. The van der Waals surface area contributed by atoms with E-state index in [9.17, 15) is 4.79 Å². The molecule has 1 unspecified atom stereocenters. The molecule has 0 aliphatic heterocycles. The Bertz CT molecular complexity index is 601. The molecule has 4 nitrogen and oxygen atoms in total. The zero-order valence-corrected chi connectivity index (χ0v) is 12.4. The molecule has 5 heteroatoms. The fourth-order valence-corrected chi connectivity index (χ4v) is 2.04. The van der Waals surface area contributed by atoms with Crippen molar-refractivity contribution in [2.24, 2.45) is 11.7 Å². The van der Waals surface area contributed by atoms with Crippen molar-refractivity contribution in [1.29, 1.82) is 0 Å². The molecule has 20 heavy (non-hydrogen) atoms. The van der Waals surface area contributed by atoms with E-state index in [4.69, 9.17) is 10.5 Å². The third-order valence-corrected chi connectivity index (χ3v) is 3.38. The molecule has 0 saturated carbocycles. The summed E-state index contributed by atoms with van der Waals surface area (Å²) < 4.78 is 5.25. The molecule has 1 amide bonds. The highest BCUT2D eigenvalue weighted by molar-refractivity contribution is 5.86. The van der Waals surface area contributed by atoms with Gasteiger partial charge in [-0.2, -0.15) is 0 Å². The second-order valence-electron chi connectivity index (χ2n) is 4.73. The van der Waals surface area contributed by atoms with Crippen LogP contribution < -0.4 is 10.5 Å². The number of amides is 1. The van der Waals surface area contributed by atoms with Crippen LogP contribution >= 0.6 is 12.4 Å². The second kappa shape index (κ2) is 7.10. The lowest BCUT2D eigenvalue weighted by Gasteiger charge is -2.10. The van der Waals surface area contributed by atoms with Crippen molar-refractivity contribution in [3.8, 4) is 5.75 Å². The Morgan fingerprint density at radius 3 is 2.80 bits per heavy atom. The number of fused-ring (bicyclic) bond motifs is 1. The average Bonchev–Trinajstić information content (AvgIpc) is 2.43. The lowest BCUT2D eigenvalue weighted by molar-refractivity contribution is -0.121. The number of primary amides is 1. The number of benzene rings is 1. The summed E-state index contributed by atoms with van der Waals surface area (Å²) in [6.45, 7) is 1.85. The van der Waals surface area contributed by atoms with Gasteiger partial charge >= 0.3 is 0 Å². The summed E-state index contributed by atoms with van der Waals surface area (Å²) in [7, 11) is 1.65. The Kier molecular flexibility index (Phi) is 5.77. The summed E-state index contributed by atoms with van der Waals surface area (Å²) >= 11 is 0. The number of carbonyl (C=O) groups is 1. The maximum absolute atomic E-state index is 11.1. The number of halogens is 1. The first-order valence-electron chi connectivity index (χ1n) is 6.31. The maximum atomic E-state index is 11.1. The summed E-state index contributed by atoms with van der Waals surface area (Å²) in [4.78, 5) is 15.3. The summed E-state index contributed by atoms with van der Waals surface area (Å²) in [6, 6.07) is 5.91. The van der Waals surface area contributed by atoms with Gasteiger partial charge < -0.3 is 10.5 Å². The van der Waals surface area contributed by atoms with Gasteiger partial charge in [-0.05, 0) is 42.0 Å². The third-order valence-electron chi connectivity index (χ3n) is 3.38. The van der Waals surface area contributed by atoms with Crippen LogP contribution in [0.15, 0.2) is 30.6 Å². The number of hydrogen-bond acceptors (Lipinski definition) is 3. The molecule has 0 aliphatic rings. The molecule has 0 spiro atoms. The molecule has 1 heterocycles. The lowest BCUT2D eigenvalue weighted by Crippen LogP contribution is -2.20. The summed E-state index contributed by atoms with van der Waals surface area (Å²) in [5.41, 5.74) is 6.40. The largest absolute Gasteiger partial charge is 0.497 e. The van der Waals surface area contributed by atoms with Gasteiger partial charge in [0.1, 0.15) is 5.75 Å². The molecule has 0 aliphatic carbocycles. The van der Waals surface area contributed by atoms with Crippen molar-refractivity contribution in [2.45, 2.75) is 19.8 Å². The van der Waals surface area contributed by atoms with Crippen LogP contribution in [0.1, 0.15) is 18.9 Å². The minimum Gasteiger partial charge on any atom is -0.497 e. The summed E-state index contributed by atoms with van der Waals surface area (Å²) in [5, 5.41) is 2.19. The summed E-state index contributed by atoms with van der Waals surface area (Å²) in [5.74, 6) is 0.439. The van der Waals surface area contributed by atoms with E-state index in [2.05, 4.69) is 4.98 Å². The van der Waals surface area contributed by atoms with Gasteiger partial charge in [0.2, 0.25) is 5.91 Å². The number of nitrogens with two attached hydrogens (primary N) is 1. The number of aryl methyl sites for hydroxylation is 1. The van der Waals surface area contributed by atoms with E-state index in [1.807, 2.05) is 37.5 Å². The van der Waals surface area contributed by atoms with E-state index in [1.165, 1.54) is 0 Å². The first-order valence-corrected chi connectivity index (χ1v) is 6.31. The average molecular weight is 295 g/mol. The highest BCUT2D eigenvalue weighted by Crippen LogP contribution is 2.24. The van der Waals surface area contributed by atoms with Crippen molar-refractivity contribution < 1.29 is 9.53 Å². The Balaban J connectivity index is 0.00000200. The van der Waals surface area contributed by atoms with Crippen LogP contribution in [0, 0.1) is 5.92 Å². The zero-order chi connectivity index (χ0) is 13.8. The molecule has 0 saturated heterocycles. The molecule has 0 fully saturated rings. The van der Waals surface area contributed by atoms with Gasteiger partial charge in [-0.3, -0.25) is 9.78 Å². The summed E-state index contributed by atoms with van der Waals surface area (Å²) in [6.07, 6.45) is 5.18. The fourth-order valence-electron chi connectivity index (χ4n) is 2.04. The molecular formula is C15H19ClN2O2. The van der Waals surface area contributed by atoms with Gasteiger partial charge in [0.15, 0.2) is 0 Å². The predicted octanol–water partition coefficient (Wildman–Crippen LogP) is 2.72. The van der Waals surface area contributed by atoms with Gasteiger partial charge in [-0.15, -0.1) is 12.4 Å². The number of nitrogens with zero attached hydrogens (tertiary/aromatic N) is 1. The Labute approximate surface area is 124 Å². The highest BCUT2D eigenvalue weighted by atomic mass is 35.5. The van der Waals surface area contributed by atoms with E-state index in [1.54, 1.807) is 7.11 Å². The highest BCUT2D eigenvalue weighted by Gasteiger charge is 2.10. The number of hydrogen-bond donors (Lipinski definition) is 1. The number of pyridine rings is 1. The Morgan fingerprint density at radius 2 is 2.15 bits per heavy atom. The standard InChI is InChI=1S/C15H18N2O2.ClH/c1-10(15(16)18)3-4-11-8-17-9-12-5-6-13(19-2)7-14(11)12;/h5-10H,3-4H2,1-2H3,(H2,16,18);1H. The minimum atomic E-state index is -0.259. The lowest BCUT2D eigenvalue weighted by atomic mass is 9.98. The van der Waals surface area contributed by atoms with Crippen LogP contribution in [0.2, 0.25) is 0 Å². The van der Waals surface area contributed by atoms with Crippen molar-refractivity contribution in [2.75, 3.05) is 7.11 Å². The van der Waals surface area contributed by atoms with Crippen LogP contribution in [0.3, 0.4) is 0 Å². The number of aromatic nitrogens is 1. The van der Waals surface area contributed by atoms with Crippen LogP contribution in [0.4, 0.5) is 0 Å². The molecule has 108 valence electrons. The van der Waals surface area contributed by atoms with Gasteiger partial charge in [-0.25, -0.2) is 0 Å². The first kappa shape index (κ1) is 16.2. The molecule has 0 bridgehead atoms. The number of methoxy groups -OCH3 is 1. The second-order valence-corrected chi connectivity index (χ2v) is 4.73. The van der Waals surface area contributed by atoms with Crippen molar-refractivity contribution in [1.82, 2.24) is 4.98 Å². The number of carbonyl (C=O) groups excluding carboxylic acids is 1. The van der Waals surface area contributed by atoms with E-state index < -0.39 is 0 Å². The topological polar surface area (TPSA) is 65.2 Å². The Morgan fingerprint density at radius 1 is 1.40 bits per heavy atom. The maximum Gasteiger partial charge on any atom is 0.220 e. The van der Waals surface area contributed by atoms with Gasteiger partial charge in [-0.1, -0.05) is 6.92 Å². The molecular weight excluding hydrogens is 276 g/mol. The smallest absolute Gasteiger partial charge is 0.220 e. The number of rotatable bonds is 5. The molecule has 1 aromatic heterocycles. The quantitative estimate of drug-likeness (QED) is 0.922. The number of ether oxygens (including phenoxy) is 1. The monoisotopic (exact) mass is 294 g/mol. The van der Waals surface area contributed by atoms with Gasteiger partial charge in [0.05, 0.1) is 7.11 Å². The zero-order valence-electron chi connectivity index (χ0n) is 11.6. The third kappa shape index (κ3) is 3.61. The van der Waals surface area contributed by atoms with E-state index in [0.717, 1.165) is 34.9 Å². The van der Waals surface area contributed by atoms with Crippen LogP contribution in [-0.4, -0.2) is 18.0 Å². The van der Waals surface area contributed by atoms with E-state index >= 15 is 0 Å². The van der Waals surface area contributed by atoms with Crippen molar-refractivity contribution in [3.63, 3.8) is 0 Å². The molecule has 1 aromatic carbocycles. The van der Waals surface area contributed by atoms with Crippen molar-refractivity contribution >= 4 is 29.1 Å². The molecule has 0 radical (unpaired) electrons. The van der Waals surface area contributed by atoms with E-state index in [-0.39, 0.29) is 24.2 Å². The minimum absolute atomic E-state index is 0. The fraction of sp³-hybridized carbons (Fsp3) is 0.333. The predicted molar refractivity (Wildman–Crippen MR) is 82.2 cm³/mol. The van der Waals surface area contributed by atoms with Crippen LogP contribution in [0.5, 0.6) is 5.75 Å². The molecule has 1 atom stereocenters. The Hall–Kier alpha value is -1.81. The van der Waals surface area contributed by atoms with Gasteiger partial charge in [0.25, 0.3) is 0 Å². The first-order chi connectivity index (χ1) is 9.11. The van der Waals surface area contributed by atoms with Crippen LogP contribution in [-0.2, 0) is 11.2 Å². The van der Waals surface area contributed by atoms with Crippen molar-refractivity contribution in [3.05, 3.63) is 36.2 Å². The van der Waals surface area contributed by atoms with Crippen LogP contribution in [0.25, 0.3) is 10.8 Å².